The van der Waals surface area contributed by atoms with E-state index < -0.39 is 0 Å². The molecule has 74 valence electrons. The van der Waals surface area contributed by atoms with Crippen molar-refractivity contribution in [3.8, 4) is 0 Å². The predicted octanol–water partition coefficient (Wildman–Crippen LogP) is 1.86. The highest BCUT2D eigenvalue weighted by Crippen LogP contribution is 2.24. The van der Waals surface area contributed by atoms with Gasteiger partial charge in [-0.2, -0.15) is 0 Å². The molecule has 1 aliphatic heterocycles. The number of carbonyl (C=O) groups is 1. The molecule has 0 N–H and O–H groups in total. The Labute approximate surface area is 82.9 Å². The molecule has 1 rings (SSSR count). The molecule has 1 aliphatic rings. The highest BCUT2D eigenvalue weighted by molar-refractivity contribution is 8.01. The lowest BCUT2D eigenvalue weighted by molar-refractivity contribution is -0.135. The second-order valence-corrected chi connectivity index (χ2v) is 4.02. The highest BCUT2D eigenvalue weighted by atomic mass is 32.2. The first-order valence-electron chi connectivity index (χ1n) is 4.63. The molecule has 1 heterocycles. The van der Waals surface area contributed by atoms with E-state index in [-0.39, 0.29) is 11.3 Å². The maximum atomic E-state index is 11.2. The standard InChI is InChI=1S/C9H15NO2S/c1-3-5-8-10-7(6-13-8)9(11)12-4-2/h8H,3-6H2,1-2H3/t8-/m0/s1. The van der Waals surface area contributed by atoms with Crippen LogP contribution in [0.3, 0.4) is 0 Å². The van der Waals surface area contributed by atoms with Crippen molar-refractivity contribution in [1.82, 2.24) is 0 Å². The van der Waals surface area contributed by atoms with E-state index in [1.54, 1.807) is 11.8 Å². The number of nitrogens with zero attached hydrogens (tertiary/aromatic N) is 1. The number of hydrogen-bond acceptors (Lipinski definition) is 4. The zero-order valence-electron chi connectivity index (χ0n) is 8.08. The molecule has 0 aromatic heterocycles. The van der Waals surface area contributed by atoms with Crippen LogP contribution in [-0.2, 0) is 9.53 Å². The fourth-order valence-corrected chi connectivity index (χ4v) is 2.29. The average molecular weight is 201 g/mol. The van der Waals surface area contributed by atoms with Crippen molar-refractivity contribution < 1.29 is 9.53 Å². The monoisotopic (exact) mass is 201 g/mol. The number of carbonyl (C=O) groups excluding carboxylic acids is 1. The minimum absolute atomic E-state index is 0.242. The van der Waals surface area contributed by atoms with Crippen molar-refractivity contribution >= 4 is 23.4 Å². The second kappa shape index (κ2) is 5.27. The van der Waals surface area contributed by atoms with E-state index >= 15 is 0 Å². The molecule has 0 aromatic rings. The van der Waals surface area contributed by atoms with Crippen LogP contribution in [-0.4, -0.2) is 29.4 Å². The van der Waals surface area contributed by atoms with Crippen LogP contribution in [0.1, 0.15) is 26.7 Å². The van der Waals surface area contributed by atoms with Gasteiger partial charge in [-0.15, -0.1) is 11.8 Å². The molecule has 1 atom stereocenters. The lowest BCUT2D eigenvalue weighted by Gasteiger charge is -2.00. The minimum atomic E-state index is -0.242. The van der Waals surface area contributed by atoms with Gasteiger partial charge < -0.3 is 4.74 Å². The highest BCUT2D eigenvalue weighted by Gasteiger charge is 2.22. The van der Waals surface area contributed by atoms with Crippen LogP contribution in [0.4, 0.5) is 0 Å². The van der Waals surface area contributed by atoms with Gasteiger partial charge in [0.1, 0.15) is 5.71 Å². The van der Waals surface area contributed by atoms with Gasteiger partial charge in [-0.3, -0.25) is 4.99 Å². The van der Waals surface area contributed by atoms with E-state index in [2.05, 4.69) is 11.9 Å². The molecule has 0 aromatic carbocycles. The van der Waals surface area contributed by atoms with Crippen molar-refractivity contribution in [3.05, 3.63) is 0 Å². The van der Waals surface area contributed by atoms with E-state index in [0.717, 1.165) is 12.8 Å². The Morgan fingerprint density at radius 3 is 3.08 bits per heavy atom. The smallest absolute Gasteiger partial charge is 0.353 e. The van der Waals surface area contributed by atoms with Crippen molar-refractivity contribution in [1.29, 1.82) is 0 Å². The van der Waals surface area contributed by atoms with Crippen LogP contribution >= 0.6 is 11.8 Å². The van der Waals surface area contributed by atoms with E-state index in [1.165, 1.54) is 0 Å². The summed E-state index contributed by atoms with van der Waals surface area (Å²) in [6, 6.07) is 0. The van der Waals surface area contributed by atoms with Gasteiger partial charge in [-0.05, 0) is 13.3 Å². The molecule has 4 heteroatoms. The van der Waals surface area contributed by atoms with E-state index in [9.17, 15) is 4.79 Å². The number of ether oxygens (including phenoxy) is 1. The summed E-state index contributed by atoms with van der Waals surface area (Å²) in [5.74, 6) is 0.470. The zero-order valence-corrected chi connectivity index (χ0v) is 8.89. The summed E-state index contributed by atoms with van der Waals surface area (Å²) in [6.07, 6.45) is 2.16. The van der Waals surface area contributed by atoms with Crippen LogP contribution in [0, 0.1) is 0 Å². The van der Waals surface area contributed by atoms with Gasteiger partial charge in [0.25, 0.3) is 0 Å². The summed E-state index contributed by atoms with van der Waals surface area (Å²) < 4.78 is 4.87. The van der Waals surface area contributed by atoms with Crippen LogP contribution in [0.5, 0.6) is 0 Å². The fourth-order valence-electron chi connectivity index (χ4n) is 1.14. The van der Waals surface area contributed by atoms with Gasteiger partial charge in [-0.1, -0.05) is 13.3 Å². The van der Waals surface area contributed by atoms with Crippen molar-refractivity contribution in [2.75, 3.05) is 12.4 Å². The molecular formula is C9H15NO2S. The Morgan fingerprint density at radius 1 is 1.69 bits per heavy atom. The molecule has 0 radical (unpaired) electrons. The maximum absolute atomic E-state index is 11.2. The largest absolute Gasteiger partial charge is 0.461 e. The minimum Gasteiger partial charge on any atom is -0.461 e. The third-order valence-corrected chi connectivity index (χ3v) is 2.92. The summed E-state index contributed by atoms with van der Waals surface area (Å²) in [5, 5.41) is 0.282. The van der Waals surface area contributed by atoms with Crippen LogP contribution in [0.2, 0.25) is 0 Å². The van der Waals surface area contributed by atoms with E-state index in [4.69, 9.17) is 4.74 Å². The van der Waals surface area contributed by atoms with Gasteiger partial charge >= 0.3 is 5.97 Å². The Kier molecular flexibility index (Phi) is 4.28. The van der Waals surface area contributed by atoms with E-state index in [1.807, 2.05) is 6.92 Å². The van der Waals surface area contributed by atoms with Gasteiger partial charge in [0, 0.05) is 5.75 Å². The van der Waals surface area contributed by atoms with Gasteiger partial charge in [0.2, 0.25) is 0 Å². The van der Waals surface area contributed by atoms with Crippen molar-refractivity contribution in [2.45, 2.75) is 32.1 Å². The Hall–Kier alpha value is -0.510. The van der Waals surface area contributed by atoms with Gasteiger partial charge in [-0.25, -0.2) is 4.79 Å². The summed E-state index contributed by atoms with van der Waals surface area (Å²) in [7, 11) is 0. The van der Waals surface area contributed by atoms with Crippen molar-refractivity contribution in [2.24, 2.45) is 4.99 Å². The zero-order chi connectivity index (χ0) is 9.68. The summed E-state index contributed by atoms with van der Waals surface area (Å²) in [5.41, 5.74) is 0.602. The number of aliphatic imine (C=N–C) groups is 1. The molecule has 0 saturated carbocycles. The molecule has 0 bridgehead atoms. The number of rotatable bonds is 4. The molecule has 0 aliphatic carbocycles. The number of thioether (sulfide) groups is 1. The lowest BCUT2D eigenvalue weighted by atomic mass is 10.3. The predicted molar refractivity (Wildman–Crippen MR) is 55.2 cm³/mol. The third kappa shape index (κ3) is 3.03. The molecule has 0 amide bonds. The SMILES string of the molecule is CCC[C@H]1N=C(C(=O)OCC)CS1. The Bertz CT molecular complexity index is 216. The normalized spacial score (nSPS) is 21.4. The average Bonchev–Trinajstić information content (AvgIpc) is 2.54. The maximum Gasteiger partial charge on any atom is 0.353 e. The molecule has 13 heavy (non-hydrogen) atoms. The Balaban J connectivity index is 2.43. The first-order chi connectivity index (χ1) is 6.27. The molecule has 3 nitrogen and oxygen atoms in total. The molecule has 0 spiro atoms. The van der Waals surface area contributed by atoms with Crippen molar-refractivity contribution in [3.63, 3.8) is 0 Å². The molecular weight excluding hydrogens is 186 g/mol. The number of esters is 1. The third-order valence-electron chi connectivity index (χ3n) is 1.76. The van der Waals surface area contributed by atoms with Crippen LogP contribution < -0.4 is 0 Å². The first-order valence-corrected chi connectivity index (χ1v) is 5.68. The summed E-state index contributed by atoms with van der Waals surface area (Å²) >= 11 is 1.72. The van der Waals surface area contributed by atoms with Gasteiger partial charge in [0.05, 0.1) is 12.0 Å². The Morgan fingerprint density at radius 2 is 2.46 bits per heavy atom. The quantitative estimate of drug-likeness (QED) is 0.652. The van der Waals surface area contributed by atoms with E-state index in [0.29, 0.717) is 18.1 Å². The molecule has 0 saturated heterocycles. The van der Waals surface area contributed by atoms with Crippen LogP contribution in [0.15, 0.2) is 4.99 Å². The molecule has 0 fully saturated rings. The lowest BCUT2D eigenvalue weighted by Crippen LogP contribution is -2.17. The van der Waals surface area contributed by atoms with Gasteiger partial charge in [0.15, 0.2) is 0 Å². The molecule has 0 unspecified atom stereocenters. The fraction of sp³-hybridized carbons (Fsp3) is 0.778. The van der Waals surface area contributed by atoms with Crippen LogP contribution in [0.25, 0.3) is 0 Å². The first kappa shape index (κ1) is 10.6. The summed E-state index contributed by atoms with van der Waals surface area (Å²) in [6.45, 7) is 4.36. The second-order valence-electron chi connectivity index (χ2n) is 2.85. The number of hydrogen-bond donors (Lipinski definition) is 0. The summed E-state index contributed by atoms with van der Waals surface area (Å²) in [4.78, 5) is 15.5. The topological polar surface area (TPSA) is 38.7 Å².